The van der Waals surface area contributed by atoms with Crippen LogP contribution in [0.4, 0.5) is 26.3 Å². The van der Waals surface area contributed by atoms with Gasteiger partial charge < -0.3 is 0 Å². The number of nitrogens with zero attached hydrogens (tertiary/aromatic N) is 2. The molecule has 56 heavy (non-hydrogen) atoms. The molecule has 0 unspecified atom stereocenters. The summed E-state index contributed by atoms with van der Waals surface area (Å²) < 4.78 is 80.5. The molecule has 292 valence electrons. The number of benzene rings is 4. The van der Waals surface area contributed by atoms with Crippen molar-refractivity contribution in [3.05, 3.63) is 116 Å². The molecule has 0 aliphatic carbocycles. The van der Waals surface area contributed by atoms with Gasteiger partial charge in [-0.05, 0) is 49.2 Å². The Balaban J connectivity index is 1.63. The van der Waals surface area contributed by atoms with Gasteiger partial charge in [0, 0.05) is 57.2 Å². The van der Waals surface area contributed by atoms with E-state index in [2.05, 4.69) is 0 Å². The van der Waals surface area contributed by atoms with E-state index < -0.39 is 69.8 Å². The number of hydrogen-bond donors (Lipinski definition) is 0. The second-order valence-electron chi connectivity index (χ2n) is 13.9. The molecule has 4 aromatic carbocycles. The molecule has 2 aliphatic heterocycles. The van der Waals surface area contributed by atoms with Crippen LogP contribution in [-0.2, 0) is 12.4 Å². The Bertz CT molecular complexity index is 2120. The fraction of sp³-hybridized carbons (Fsp3) is 0.333. The molecule has 0 saturated carbocycles. The van der Waals surface area contributed by atoms with Crippen LogP contribution in [0.15, 0.2) is 60.7 Å². The molecule has 0 radical (unpaired) electrons. The first-order chi connectivity index (χ1) is 26.5. The standard InChI is InChI=1S/C42H36F6N2O6/c1-3-5-7-9-19-49-37(53)29-21-28(36(52)24-13-17-26(18-14-24)42(46,47)48)34-32-30(38(54)50(40(34)56)20-10-8-6-4-2)22-27(33(31(29)32)39(49)55)35(51)23-11-15-25(16-12-23)41(43,44)45/h11-18,21-22H,3-10,19-20H2,1-2H3. The van der Waals surface area contributed by atoms with E-state index in [1.807, 2.05) is 13.8 Å². The molecule has 4 amide bonds. The molecule has 0 saturated heterocycles. The fourth-order valence-corrected chi connectivity index (χ4v) is 7.25. The quantitative estimate of drug-likeness (QED) is 0.0546. The van der Waals surface area contributed by atoms with Gasteiger partial charge in [-0.15, -0.1) is 0 Å². The van der Waals surface area contributed by atoms with Crippen LogP contribution in [0.5, 0.6) is 0 Å². The van der Waals surface area contributed by atoms with Crippen LogP contribution in [-0.4, -0.2) is 58.1 Å². The lowest BCUT2D eigenvalue weighted by molar-refractivity contribution is -0.138. The Morgan fingerprint density at radius 2 is 0.839 bits per heavy atom. The van der Waals surface area contributed by atoms with Gasteiger partial charge in [-0.25, -0.2) is 0 Å². The van der Waals surface area contributed by atoms with Crippen molar-refractivity contribution in [1.82, 2.24) is 9.80 Å². The zero-order valence-corrected chi connectivity index (χ0v) is 30.5. The molecule has 6 rings (SSSR count). The molecule has 8 nitrogen and oxygen atoms in total. The molecule has 2 heterocycles. The van der Waals surface area contributed by atoms with Crippen molar-refractivity contribution in [3.63, 3.8) is 0 Å². The number of unbranched alkanes of at least 4 members (excludes halogenated alkanes) is 6. The van der Waals surface area contributed by atoms with Gasteiger partial charge >= 0.3 is 12.4 Å². The first-order valence-electron chi connectivity index (χ1n) is 18.3. The summed E-state index contributed by atoms with van der Waals surface area (Å²) in [5, 5.41) is -0.493. The number of hydrogen-bond acceptors (Lipinski definition) is 6. The molecule has 0 aromatic heterocycles. The van der Waals surface area contributed by atoms with Gasteiger partial charge in [0.25, 0.3) is 23.6 Å². The van der Waals surface area contributed by atoms with Crippen molar-refractivity contribution >= 4 is 46.0 Å². The van der Waals surface area contributed by atoms with Gasteiger partial charge in [-0.2, -0.15) is 26.3 Å². The predicted octanol–water partition coefficient (Wildman–Crippen LogP) is 9.69. The Hall–Kier alpha value is -5.66. The lowest BCUT2D eigenvalue weighted by atomic mass is 9.79. The highest BCUT2D eigenvalue weighted by Crippen LogP contribution is 2.43. The summed E-state index contributed by atoms with van der Waals surface area (Å²) in [7, 11) is 0. The van der Waals surface area contributed by atoms with Crippen LogP contribution in [0.1, 0.15) is 150 Å². The summed E-state index contributed by atoms with van der Waals surface area (Å²) in [5.74, 6) is -5.52. The molecule has 4 aromatic rings. The Morgan fingerprint density at radius 1 is 0.500 bits per heavy atom. The maximum atomic E-state index is 14.4. The molecule has 0 N–H and O–H groups in total. The molecule has 14 heteroatoms. The van der Waals surface area contributed by atoms with Crippen LogP contribution in [0.25, 0.3) is 10.8 Å². The minimum Gasteiger partial charge on any atom is -0.289 e. The van der Waals surface area contributed by atoms with E-state index in [-0.39, 0.29) is 57.2 Å². The van der Waals surface area contributed by atoms with Crippen molar-refractivity contribution < 1.29 is 55.1 Å². The molecule has 2 aliphatic rings. The van der Waals surface area contributed by atoms with Crippen LogP contribution >= 0.6 is 0 Å². The maximum Gasteiger partial charge on any atom is 0.416 e. The third-order valence-electron chi connectivity index (χ3n) is 10.2. The number of halogens is 6. The van der Waals surface area contributed by atoms with Gasteiger partial charge in [0.2, 0.25) is 0 Å². The minimum atomic E-state index is -4.71. The van der Waals surface area contributed by atoms with Crippen molar-refractivity contribution in [2.45, 2.75) is 77.6 Å². The number of carbonyl (C=O) groups excluding carboxylic acids is 6. The summed E-state index contributed by atoms with van der Waals surface area (Å²) in [5.41, 5.74) is -4.72. The number of amides is 4. The van der Waals surface area contributed by atoms with Gasteiger partial charge in [0.1, 0.15) is 0 Å². The molecule has 0 spiro atoms. The summed E-state index contributed by atoms with van der Waals surface area (Å²) in [6, 6.07) is 8.65. The zero-order chi connectivity index (χ0) is 40.7. The minimum absolute atomic E-state index is 0.110. The number of rotatable bonds is 14. The third kappa shape index (κ3) is 7.24. The first kappa shape index (κ1) is 40.0. The van der Waals surface area contributed by atoms with Crippen molar-refractivity contribution in [3.8, 4) is 0 Å². The van der Waals surface area contributed by atoms with Crippen molar-refractivity contribution in [2.24, 2.45) is 0 Å². The Labute approximate surface area is 317 Å². The highest BCUT2D eigenvalue weighted by molar-refractivity contribution is 6.38. The number of alkyl halides is 6. The van der Waals surface area contributed by atoms with E-state index >= 15 is 0 Å². The average Bonchev–Trinajstić information content (AvgIpc) is 3.16. The van der Waals surface area contributed by atoms with Crippen molar-refractivity contribution in [1.29, 1.82) is 0 Å². The van der Waals surface area contributed by atoms with E-state index in [4.69, 9.17) is 0 Å². The van der Waals surface area contributed by atoms with E-state index in [0.29, 0.717) is 49.9 Å². The molecular weight excluding hydrogens is 742 g/mol. The first-order valence-corrected chi connectivity index (χ1v) is 18.3. The summed E-state index contributed by atoms with van der Waals surface area (Å²) in [6.07, 6.45) is -4.24. The number of carbonyl (C=O) groups is 6. The van der Waals surface area contributed by atoms with E-state index in [0.717, 1.165) is 71.9 Å². The van der Waals surface area contributed by atoms with Crippen LogP contribution in [0.2, 0.25) is 0 Å². The smallest absolute Gasteiger partial charge is 0.289 e. The number of ketones is 2. The highest BCUT2D eigenvalue weighted by Gasteiger charge is 2.44. The molecule has 0 atom stereocenters. The third-order valence-corrected chi connectivity index (χ3v) is 10.2. The SMILES string of the molecule is CCCCCCN1C(=O)c2cc(C(=O)c3ccc(C(F)(F)F)cc3)c3c4c(cc(C(=O)c5ccc(C(F)(F)F)cc5)c(c24)C1=O)C(=O)N(CCCCCC)C3=O. The highest BCUT2D eigenvalue weighted by atomic mass is 19.4. The number of imide groups is 2. The lowest BCUT2D eigenvalue weighted by Gasteiger charge is -2.34. The van der Waals surface area contributed by atoms with Gasteiger partial charge in [0.05, 0.1) is 22.3 Å². The molecule has 0 bridgehead atoms. The average molecular weight is 779 g/mol. The second-order valence-corrected chi connectivity index (χ2v) is 13.9. The fourth-order valence-electron chi connectivity index (χ4n) is 7.25. The van der Waals surface area contributed by atoms with Crippen LogP contribution in [0.3, 0.4) is 0 Å². The van der Waals surface area contributed by atoms with Gasteiger partial charge in [0.15, 0.2) is 11.6 Å². The Morgan fingerprint density at radius 3 is 1.14 bits per heavy atom. The van der Waals surface area contributed by atoms with Gasteiger partial charge in [-0.1, -0.05) is 76.6 Å². The van der Waals surface area contributed by atoms with Gasteiger partial charge in [-0.3, -0.25) is 38.6 Å². The maximum absolute atomic E-state index is 14.4. The molecule has 0 fully saturated rings. The topological polar surface area (TPSA) is 109 Å². The monoisotopic (exact) mass is 778 g/mol. The largest absolute Gasteiger partial charge is 0.416 e. The van der Waals surface area contributed by atoms with E-state index in [1.54, 1.807) is 0 Å². The van der Waals surface area contributed by atoms with Crippen LogP contribution in [0, 0.1) is 0 Å². The predicted molar refractivity (Wildman–Crippen MR) is 193 cm³/mol. The second kappa shape index (κ2) is 15.5. The summed E-state index contributed by atoms with van der Waals surface area (Å²) in [4.78, 5) is 87.7. The van der Waals surface area contributed by atoms with Crippen molar-refractivity contribution in [2.75, 3.05) is 13.1 Å². The lowest BCUT2D eigenvalue weighted by Crippen LogP contribution is -2.45. The molecular formula is C42H36F6N2O6. The zero-order valence-electron chi connectivity index (χ0n) is 30.5. The van der Waals surface area contributed by atoms with E-state index in [9.17, 15) is 55.1 Å². The normalized spacial score (nSPS) is 14.3. The summed E-state index contributed by atoms with van der Waals surface area (Å²) in [6.45, 7) is 3.69. The summed E-state index contributed by atoms with van der Waals surface area (Å²) >= 11 is 0. The van der Waals surface area contributed by atoms with E-state index in [1.165, 1.54) is 0 Å². The Kier molecular flexibility index (Phi) is 11.1. The van der Waals surface area contributed by atoms with Crippen LogP contribution < -0.4 is 0 Å².